The fourth-order valence-electron chi connectivity index (χ4n) is 2.54. The summed E-state index contributed by atoms with van der Waals surface area (Å²) >= 11 is 5.97. The standard InChI is InChI=1S/C19H19ClN4O2/c1-23(2)11-18-21-10-16(24(18)3)13-5-7-19(22-9-13)26-17-8-15(20)6-4-14(17)12-25/h4-10,12H,11H2,1-3H3. The summed E-state index contributed by atoms with van der Waals surface area (Å²) in [5, 5.41) is 0.491. The van der Waals surface area contributed by atoms with E-state index in [0.29, 0.717) is 22.2 Å². The molecule has 0 radical (unpaired) electrons. The maximum atomic E-state index is 11.1. The van der Waals surface area contributed by atoms with Crippen molar-refractivity contribution in [1.29, 1.82) is 0 Å². The Morgan fingerprint density at radius 2 is 2.00 bits per heavy atom. The van der Waals surface area contributed by atoms with Gasteiger partial charge < -0.3 is 14.2 Å². The van der Waals surface area contributed by atoms with Gasteiger partial charge in [0.05, 0.1) is 24.0 Å². The van der Waals surface area contributed by atoms with E-state index in [0.717, 1.165) is 29.9 Å². The lowest BCUT2D eigenvalue weighted by Crippen LogP contribution is -2.14. The third-order valence-electron chi connectivity index (χ3n) is 3.89. The van der Waals surface area contributed by atoms with Crippen molar-refractivity contribution in [2.45, 2.75) is 6.54 Å². The topological polar surface area (TPSA) is 60.3 Å². The van der Waals surface area contributed by atoms with Crippen LogP contribution < -0.4 is 4.74 Å². The van der Waals surface area contributed by atoms with Gasteiger partial charge in [0.25, 0.3) is 0 Å². The van der Waals surface area contributed by atoms with Crippen molar-refractivity contribution in [2.75, 3.05) is 14.1 Å². The second-order valence-electron chi connectivity index (χ2n) is 6.14. The molecule has 2 aromatic heterocycles. The number of imidazole rings is 1. The summed E-state index contributed by atoms with van der Waals surface area (Å²) < 4.78 is 7.74. The quantitative estimate of drug-likeness (QED) is 0.617. The van der Waals surface area contributed by atoms with Crippen LogP contribution in [0.15, 0.2) is 42.7 Å². The van der Waals surface area contributed by atoms with Crippen molar-refractivity contribution in [3.05, 3.63) is 59.1 Å². The molecule has 0 atom stereocenters. The number of ether oxygens (including phenoxy) is 1. The van der Waals surface area contributed by atoms with E-state index in [9.17, 15) is 4.79 Å². The van der Waals surface area contributed by atoms with E-state index >= 15 is 0 Å². The van der Waals surface area contributed by atoms with Crippen LogP contribution in [0.25, 0.3) is 11.3 Å². The van der Waals surface area contributed by atoms with Crippen LogP contribution in [0.3, 0.4) is 0 Å². The first-order valence-electron chi connectivity index (χ1n) is 8.02. The zero-order chi connectivity index (χ0) is 18.7. The second-order valence-corrected chi connectivity index (χ2v) is 6.58. The van der Waals surface area contributed by atoms with Gasteiger partial charge in [0, 0.05) is 36.0 Å². The summed E-state index contributed by atoms with van der Waals surface area (Å²) in [5.74, 6) is 1.73. The highest BCUT2D eigenvalue weighted by Crippen LogP contribution is 2.28. The molecule has 0 saturated carbocycles. The first-order valence-corrected chi connectivity index (χ1v) is 8.40. The fraction of sp³-hybridized carbons (Fsp3) is 0.211. The molecule has 6 nitrogen and oxygen atoms in total. The Hall–Kier alpha value is -2.70. The molecule has 1 aromatic carbocycles. The average Bonchev–Trinajstić information content (AvgIpc) is 2.96. The largest absolute Gasteiger partial charge is 0.438 e. The highest BCUT2D eigenvalue weighted by molar-refractivity contribution is 6.30. The summed E-state index contributed by atoms with van der Waals surface area (Å²) in [4.78, 5) is 22.0. The third-order valence-corrected chi connectivity index (χ3v) is 4.13. The minimum atomic E-state index is 0.376. The SMILES string of the molecule is CN(C)Cc1ncc(-c2ccc(Oc3cc(Cl)ccc3C=O)nc2)n1C. The molecule has 0 fully saturated rings. The summed E-state index contributed by atoms with van der Waals surface area (Å²) in [6.07, 6.45) is 4.27. The minimum absolute atomic E-state index is 0.376. The van der Waals surface area contributed by atoms with Crippen LogP contribution in [0.5, 0.6) is 11.6 Å². The van der Waals surface area contributed by atoms with E-state index < -0.39 is 0 Å². The second kappa shape index (κ2) is 7.68. The summed E-state index contributed by atoms with van der Waals surface area (Å²) in [6.45, 7) is 0.758. The molecule has 0 amide bonds. The Bertz CT molecular complexity index is 920. The van der Waals surface area contributed by atoms with Gasteiger partial charge in [0.15, 0.2) is 6.29 Å². The number of hydrogen-bond donors (Lipinski definition) is 0. The number of aldehydes is 1. The predicted molar refractivity (Wildman–Crippen MR) is 101 cm³/mol. The zero-order valence-corrected chi connectivity index (χ0v) is 15.6. The molecule has 0 aliphatic heterocycles. The number of carbonyl (C=O) groups excluding carboxylic acids is 1. The zero-order valence-electron chi connectivity index (χ0n) is 14.8. The number of rotatable bonds is 6. The molecular formula is C19H19ClN4O2. The smallest absolute Gasteiger partial charge is 0.219 e. The Morgan fingerprint density at radius 1 is 1.19 bits per heavy atom. The van der Waals surface area contributed by atoms with Crippen molar-refractivity contribution >= 4 is 17.9 Å². The molecular weight excluding hydrogens is 352 g/mol. The number of carbonyl (C=O) groups is 1. The molecule has 0 spiro atoms. The number of halogens is 1. The molecule has 3 aromatic rings. The van der Waals surface area contributed by atoms with Crippen LogP contribution in [0.1, 0.15) is 16.2 Å². The Kier molecular flexibility index (Phi) is 5.35. The lowest BCUT2D eigenvalue weighted by molar-refractivity contribution is 0.112. The lowest BCUT2D eigenvalue weighted by Gasteiger charge is -2.11. The monoisotopic (exact) mass is 370 g/mol. The van der Waals surface area contributed by atoms with Crippen molar-refractivity contribution < 1.29 is 9.53 Å². The first kappa shape index (κ1) is 18.1. The molecule has 0 N–H and O–H groups in total. The average molecular weight is 371 g/mol. The maximum absolute atomic E-state index is 11.1. The van der Waals surface area contributed by atoms with Crippen LogP contribution in [-0.2, 0) is 13.6 Å². The molecule has 2 heterocycles. The van der Waals surface area contributed by atoms with E-state index in [-0.39, 0.29) is 0 Å². The van der Waals surface area contributed by atoms with E-state index in [1.807, 2.05) is 38.0 Å². The van der Waals surface area contributed by atoms with Crippen LogP contribution in [0.2, 0.25) is 5.02 Å². The van der Waals surface area contributed by atoms with Crippen LogP contribution >= 0.6 is 11.6 Å². The molecule has 0 unspecified atom stereocenters. The maximum Gasteiger partial charge on any atom is 0.219 e. The van der Waals surface area contributed by atoms with Gasteiger partial charge in [-0.15, -0.1) is 0 Å². The van der Waals surface area contributed by atoms with E-state index in [2.05, 4.69) is 14.9 Å². The van der Waals surface area contributed by atoms with E-state index in [1.165, 1.54) is 0 Å². The van der Waals surface area contributed by atoms with Gasteiger partial charge in [-0.3, -0.25) is 4.79 Å². The molecule has 26 heavy (non-hydrogen) atoms. The molecule has 134 valence electrons. The highest BCUT2D eigenvalue weighted by atomic mass is 35.5. The van der Waals surface area contributed by atoms with Crippen molar-refractivity contribution in [1.82, 2.24) is 19.4 Å². The highest BCUT2D eigenvalue weighted by Gasteiger charge is 2.11. The van der Waals surface area contributed by atoms with Crippen LogP contribution in [0, 0.1) is 0 Å². The number of pyridine rings is 1. The molecule has 7 heteroatoms. The molecule has 0 aliphatic rings. The van der Waals surface area contributed by atoms with Gasteiger partial charge >= 0.3 is 0 Å². The van der Waals surface area contributed by atoms with Crippen molar-refractivity contribution in [3.63, 3.8) is 0 Å². The van der Waals surface area contributed by atoms with Gasteiger partial charge in [-0.2, -0.15) is 0 Å². The van der Waals surface area contributed by atoms with Gasteiger partial charge in [-0.25, -0.2) is 9.97 Å². The number of benzene rings is 1. The number of aromatic nitrogens is 3. The fourth-order valence-corrected chi connectivity index (χ4v) is 2.71. The minimum Gasteiger partial charge on any atom is -0.438 e. The molecule has 0 aliphatic carbocycles. The summed E-state index contributed by atoms with van der Waals surface area (Å²) in [6, 6.07) is 8.51. The van der Waals surface area contributed by atoms with Gasteiger partial charge in [-0.05, 0) is 32.3 Å². The van der Waals surface area contributed by atoms with Crippen LogP contribution in [-0.4, -0.2) is 39.8 Å². The Labute approximate surface area is 157 Å². The Balaban J connectivity index is 1.82. The number of hydrogen-bond acceptors (Lipinski definition) is 5. The third kappa shape index (κ3) is 3.92. The van der Waals surface area contributed by atoms with E-state index in [4.69, 9.17) is 16.3 Å². The molecule has 0 bridgehead atoms. The number of nitrogens with zero attached hydrogens (tertiary/aromatic N) is 4. The lowest BCUT2D eigenvalue weighted by atomic mass is 10.2. The van der Waals surface area contributed by atoms with Crippen molar-refractivity contribution in [3.8, 4) is 22.9 Å². The van der Waals surface area contributed by atoms with E-state index in [1.54, 1.807) is 30.5 Å². The molecule has 3 rings (SSSR count). The van der Waals surface area contributed by atoms with Crippen LogP contribution in [0.4, 0.5) is 0 Å². The van der Waals surface area contributed by atoms with Crippen molar-refractivity contribution in [2.24, 2.45) is 7.05 Å². The predicted octanol–water partition coefficient (Wildman–Crippen LogP) is 3.80. The normalized spacial score (nSPS) is 11.0. The Morgan fingerprint density at radius 3 is 2.65 bits per heavy atom. The first-order chi connectivity index (χ1) is 12.5. The van der Waals surface area contributed by atoms with Gasteiger partial charge in [0.1, 0.15) is 11.6 Å². The summed E-state index contributed by atoms with van der Waals surface area (Å²) in [5.41, 5.74) is 2.32. The van der Waals surface area contributed by atoms with Gasteiger partial charge in [0.2, 0.25) is 5.88 Å². The molecule has 0 saturated heterocycles. The summed E-state index contributed by atoms with van der Waals surface area (Å²) in [7, 11) is 5.99. The van der Waals surface area contributed by atoms with Gasteiger partial charge in [-0.1, -0.05) is 11.6 Å².